The maximum Gasteiger partial charge on any atom is 0.364 e. The van der Waals surface area contributed by atoms with Crippen molar-refractivity contribution in [3.63, 3.8) is 0 Å². The van der Waals surface area contributed by atoms with Crippen molar-refractivity contribution >= 4 is 34.9 Å². The quantitative estimate of drug-likeness (QED) is 0.692. The van der Waals surface area contributed by atoms with E-state index in [9.17, 15) is 9.59 Å². The predicted molar refractivity (Wildman–Crippen MR) is 65.5 cm³/mol. The fourth-order valence-electron chi connectivity index (χ4n) is 1.20. The van der Waals surface area contributed by atoms with Crippen LogP contribution in [0.3, 0.4) is 0 Å². The molecule has 0 spiro atoms. The third-order valence-corrected chi connectivity index (χ3v) is 3.05. The third-order valence-electron chi connectivity index (χ3n) is 1.98. The van der Waals surface area contributed by atoms with Crippen molar-refractivity contribution < 1.29 is 19.4 Å². The van der Waals surface area contributed by atoms with Gasteiger partial charge in [0.15, 0.2) is 5.69 Å². The van der Waals surface area contributed by atoms with Gasteiger partial charge in [-0.2, -0.15) is 0 Å². The smallest absolute Gasteiger partial charge is 0.364 e. The first kappa shape index (κ1) is 12.5. The number of carbonyl (C=O) groups is 2. The molecule has 0 aliphatic rings. The monoisotopic (exact) mass is 283 g/mol. The third kappa shape index (κ3) is 2.66. The number of thiazole rings is 1. The lowest BCUT2D eigenvalue weighted by Gasteiger charge is -2.02. The first-order valence-electron chi connectivity index (χ1n) is 4.72. The number of carbonyl (C=O) groups excluding carboxylic acids is 1. The van der Waals surface area contributed by atoms with E-state index in [1.165, 1.54) is 17.6 Å². The highest BCUT2D eigenvalue weighted by atomic mass is 35.5. The molecule has 1 heterocycles. The molecular weight excluding hydrogens is 278 g/mol. The van der Waals surface area contributed by atoms with Crippen LogP contribution in [0.25, 0.3) is 0 Å². The summed E-state index contributed by atoms with van der Waals surface area (Å²) in [6, 6.07) is 6.13. The summed E-state index contributed by atoms with van der Waals surface area (Å²) in [7, 11) is 0. The average Bonchev–Trinajstić information content (AvgIpc) is 2.81. The van der Waals surface area contributed by atoms with E-state index in [-0.39, 0.29) is 16.3 Å². The lowest BCUT2D eigenvalue weighted by atomic mass is 10.3. The van der Waals surface area contributed by atoms with Crippen molar-refractivity contribution in [2.24, 2.45) is 0 Å². The van der Waals surface area contributed by atoms with Crippen LogP contribution in [-0.4, -0.2) is 22.0 Å². The van der Waals surface area contributed by atoms with Gasteiger partial charge in [-0.15, -0.1) is 11.3 Å². The highest BCUT2D eigenvalue weighted by Gasteiger charge is 2.21. The Balaban J connectivity index is 2.19. The molecule has 0 aliphatic heterocycles. The zero-order chi connectivity index (χ0) is 13.1. The van der Waals surface area contributed by atoms with E-state index in [1.807, 2.05) is 0 Å². The van der Waals surface area contributed by atoms with E-state index in [1.54, 1.807) is 12.1 Å². The van der Waals surface area contributed by atoms with Crippen LogP contribution in [-0.2, 0) is 0 Å². The van der Waals surface area contributed by atoms with Crippen molar-refractivity contribution in [2.45, 2.75) is 0 Å². The summed E-state index contributed by atoms with van der Waals surface area (Å²) in [5.74, 6) is -1.75. The van der Waals surface area contributed by atoms with Gasteiger partial charge in [0.2, 0.25) is 0 Å². The van der Waals surface area contributed by atoms with Crippen LogP contribution in [0.5, 0.6) is 5.75 Å². The second-order valence-corrected chi connectivity index (χ2v) is 4.47. The van der Waals surface area contributed by atoms with Gasteiger partial charge in [-0.1, -0.05) is 11.6 Å². The molecule has 0 unspecified atom stereocenters. The lowest BCUT2D eigenvalue weighted by molar-refractivity contribution is 0.0670. The van der Waals surface area contributed by atoms with Crippen LogP contribution in [0.1, 0.15) is 20.2 Å². The number of carboxylic acid groups (broad SMARTS) is 1. The second-order valence-electron chi connectivity index (χ2n) is 3.18. The number of hydrogen-bond acceptors (Lipinski definition) is 5. The number of esters is 1. The largest absolute Gasteiger partial charge is 0.477 e. The summed E-state index contributed by atoms with van der Waals surface area (Å²) in [4.78, 5) is 26.1. The molecule has 0 radical (unpaired) electrons. The van der Waals surface area contributed by atoms with E-state index in [0.29, 0.717) is 5.02 Å². The molecule has 7 heteroatoms. The summed E-state index contributed by atoms with van der Waals surface area (Å²) in [5.41, 5.74) is 1.07. The molecule has 0 aliphatic carbocycles. The number of rotatable bonds is 3. The highest BCUT2D eigenvalue weighted by Crippen LogP contribution is 2.19. The molecule has 92 valence electrons. The maximum atomic E-state index is 11.7. The molecule has 2 rings (SSSR count). The van der Waals surface area contributed by atoms with E-state index >= 15 is 0 Å². The maximum absolute atomic E-state index is 11.7. The van der Waals surface area contributed by atoms with Crippen LogP contribution in [0.15, 0.2) is 29.8 Å². The Morgan fingerprint density at radius 1 is 1.28 bits per heavy atom. The Kier molecular flexibility index (Phi) is 3.59. The van der Waals surface area contributed by atoms with Gasteiger partial charge in [0.1, 0.15) is 10.6 Å². The van der Waals surface area contributed by atoms with Crippen LogP contribution < -0.4 is 4.74 Å². The summed E-state index contributed by atoms with van der Waals surface area (Å²) in [6.07, 6.45) is 0. The predicted octanol–water partition coefficient (Wildman–Crippen LogP) is 2.71. The summed E-state index contributed by atoms with van der Waals surface area (Å²) < 4.78 is 4.99. The number of carboxylic acids is 1. The Labute approximate surface area is 111 Å². The normalized spacial score (nSPS) is 10.1. The second kappa shape index (κ2) is 5.16. The van der Waals surface area contributed by atoms with Crippen LogP contribution in [0, 0.1) is 0 Å². The minimum absolute atomic E-state index is 0.144. The average molecular weight is 284 g/mol. The van der Waals surface area contributed by atoms with Gasteiger partial charge < -0.3 is 9.84 Å². The van der Waals surface area contributed by atoms with Gasteiger partial charge >= 0.3 is 11.9 Å². The molecule has 0 atom stereocenters. The fraction of sp³-hybridized carbons (Fsp3) is 0. The molecule has 1 aromatic carbocycles. The SMILES string of the molecule is O=C(Oc1ccc(Cl)cc1)c1ncsc1C(=O)O. The number of hydrogen-bond donors (Lipinski definition) is 1. The minimum Gasteiger partial charge on any atom is -0.477 e. The van der Waals surface area contributed by atoms with Crippen LogP contribution >= 0.6 is 22.9 Å². The standard InChI is InChI=1S/C11H6ClNO4S/c12-6-1-3-7(4-2-6)17-11(16)8-9(10(14)15)18-5-13-8/h1-5H,(H,14,15). The summed E-state index contributed by atoms with van der Waals surface area (Å²) in [5, 5.41) is 9.36. The summed E-state index contributed by atoms with van der Waals surface area (Å²) >= 11 is 6.55. The number of nitrogens with zero attached hydrogens (tertiary/aromatic N) is 1. The van der Waals surface area contributed by atoms with Gasteiger partial charge in [-0.25, -0.2) is 14.6 Å². The topological polar surface area (TPSA) is 76.5 Å². The summed E-state index contributed by atoms with van der Waals surface area (Å²) in [6.45, 7) is 0. The van der Waals surface area contributed by atoms with Crippen molar-refractivity contribution in [1.82, 2.24) is 4.98 Å². The van der Waals surface area contributed by atoms with Gasteiger partial charge in [0, 0.05) is 5.02 Å². The Morgan fingerprint density at radius 2 is 1.94 bits per heavy atom. The van der Waals surface area contributed by atoms with Gasteiger partial charge in [0.25, 0.3) is 0 Å². The molecule has 1 N–H and O–H groups in total. The molecule has 18 heavy (non-hydrogen) atoms. The lowest BCUT2D eigenvalue weighted by Crippen LogP contribution is -2.13. The van der Waals surface area contributed by atoms with E-state index in [2.05, 4.69) is 4.98 Å². The van der Waals surface area contributed by atoms with E-state index in [4.69, 9.17) is 21.4 Å². The first-order chi connectivity index (χ1) is 8.58. The Morgan fingerprint density at radius 3 is 2.56 bits per heavy atom. The molecule has 0 bridgehead atoms. The van der Waals surface area contributed by atoms with Crippen LogP contribution in [0.4, 0.5) is 0 Å². The molecule has 0 saturated carbocycles. The zero-order valence-corrected chi connectivity index (χ0v) is 10.4. The van der Waals surface area contributed by atoms with Gasteiger partial charge in [-0.05, 0) is 24.3 Å². The van der Waals surface area contributed by atoms with Crippen molar-refractivity contribution in [2.75, 3.05) is 0 Å². The molecule has 0 amide bonds. The molecule has 0 fully saturated rings. The highest BCUT2D eigenvalue weighted by molar-refractivity contribution is 7.12. The van der Waals surface area contributed by atoms with Gasteiger partial charge in [0.05, 0.1) is 5.51 Å². The molecule has 1 aromatic heterocycles. The Hall–Kier alpha value is -1.92. The van der Waals surface area contributed by atoms with E-state index < -0.39 is 11.9 Å². The Bertz CT molecular complexity index is 593. The zero-order valence-electron chi connectivity index (χ0n) is 8.79. The molecule has 0 saturated heterocycles. The fourth-order valence-corrected chi connectivity index (χ4v) is 1.94. The van der Waals surface area contributed by atoms with Gasteiger partial charge in [-0.3, -0.25) is 0 Å². The number of halogens is 1. The molecular formula is C11H6ClNO4S. The number of aromatic nitrogens is 1. The van der Waals surface area contributed by atoms with Crippen molar-refractivity contribution in [3.8, 4) is 5.75 Å². The van der Waals surface area contributed by atoms with Crippen molar-refractivity contribution in [1.29, 1.82) is 0 Å². The first-order valence-corrected chi connectivity index (χ1v) is 5.98. The minimum atomic E-state index is -1.21. The molecule has 2 aromatic rings. The number of ether oxygens (including phenoxy) is 1. The van der Waals surface area contributed by atoms with Crippen LogP contribution in [0.2, 0.25) is 5.02 Å². The number of aromatic carboxylic acids is 1. The number of benzene rings is 1. The molecule has 5 nitrogen and oxygen atoms in total. The van der Waals surface area contributed by atoms with Crippen molar-refractivity contribution in [3.05, 3.63) is 45.4 Å². The van der Waals surface area contributed by atoms with E-state index in [0.717, 1.165) is 11.3 Å².